The largest absolute Gasteiger partial charge is 0.491 e. The van der Waals surface area contributed by atoms with Crippen LogP contribution in [0.3, 0.4) is 0 Å². The summed E-state index contributed by atoms with van der Waals surface area (Å²) in [6.45, 7) is 3.90. The number of hydrogen-bond acceptors (Lipinski definition) is 6. The van der Waals surface area contributed by atoms with Crippen molar-refractivity contribution in [2.75, 3.05) is 11.5 Å². The predicted octanol–water partition coefficient (Wildman–Crippen LogP) is 1.81. The molecule has 2 rings (SSSR count). The molecule has 0 fully saturated rings. The molecule has 0 unspecified atom stereocenters. The SMILES string of the molecule is CC(C)Oc1ccc(-n2c(N)nnc2SCC(=O)O)cc1. The maximum Gasteiger partial charge on any atom is 0.313 e. The number of nitrogen functional groups attached to an aromatic ring is 1. The van der Waals surface area contributed by atoms with Crippen LogP contribution in [0.1, 0.15) is 13.8 Å². The fraction of sp³-hybridized carbons (Fsp3) is 0.308. The molecule has 0 aliphatic carbocycles. The Bertz CT molecular complexity index is 625. The van der Waals surface area contributed by atoms with Crippen LogP contribution in [0.5, 0.6) is 5.75 Å². The first-order valence-corrected chi connectivity index (χ1v) is 7.28. The number of anilines is 1. The molecule has 0 aliphatic heterocycles. The highest BCUT2D eigenvalue weighted by Crippen LogP contribution is 2.24. The van der Waals surface area contributed by atoms with E-state index in [1.54, 1.807) is 4.57 Å². The monoisotopic (exact) mass is 308 g/mol. The number of hydrogen-bond donors (Lipinski definition) is 2. The van der Waals surface area contributed by atoms with Crippen molar-refractivity contribution >= 4 is 23.7 Å². The molecule has 0 spiro atoms. The van der Waals surface area contributed by atoms with Crippen molar-refractivity contribution in [2.24, 2.45) is 0 Å². The van der Waals surface area contributed by atoms with Gasteiger partial charge in [0, 0.05) is 0 Å². The average molecular weight is 308 g/mol. The van der Waals surface area contributed by atoms with Crippen LogP contribution in [-0.2, 0) is 4.79 Å². The summed E-state index contributed by atoms with van der Waals surface area (Å²) in [6.07, 6.45) is 0.0949. The maximum atomic E-state index is 10.6. The minimum absolute atomic E-state index is 0.0949. The van der Waals surface area contributed by atoms with Gasteiger partial charge in [0.15, 0.2) is 5.16 Å². The minimum Gasteiger partial charge on any atom is -0.491 e. The Morgan fingerprint density at radius 3 is 2.62 bits per heavy atom. The molecule has 0 radical (unpaired) electrons. The molecular formula is C13H16N4O3S. The second-order valence-corrected chi connectivity index (χ2v) is 5.46. The lowest BCUT2D eigenvalue weighted by Crippen LogP contribution is -2.06. The van der Waals surface area contributed by atoms with Gasteiger partial charge in [0.05, 0.1) is 17.5 Å². The summed E-state index contributed by atoms with van der Waals surface area (Å²) in [6, 6.07) is 7.28. The van der Waals surface area contributed by atoms with Crippen molar-refractivity contribution in [3.05, 3.63) is 24.3 Å². The van der Waals surface area contributed by atoms with E-state index >= 15 is 0 Å². The summed E-state index contributed by atoms with van der Waals surface area (Å²) >= 11 is 1.06. The second-order valence-electron chi connectivity index (χ2n) is 4.52. The zero-order valence-electron chi connectivity index (χ0n) is 11.7. The van der Waals surface area contributed by atoms with E-state index in [1.165, 1.54) is 0 Å². The van der Waals surface area contributed by atoms with Gasteiger partial charge in [0.1, 0.15) is 5.75 Å². The van der Waals surface area contributed by atoms with E-state index in [4.69, 9.17) is 15.6 Å². The molecular weight excluding hydrogens is 292 g/mol. The van der Waals surface area contributed by atoms with Crippen molar-refractivity contribution in [2.45, 2.75) is 25.1 Å². The normalized spacial score (nSPS) is 10.8. The Hall–Kier alpha value is -2.22. The average Bonchev–Trinajstić information content (AvgIpc) is 2.78. The third-order valence-electron chi connectivity index (χ3n) is 2.45. The number of carbonyl (C=O) groups is 1. The highest BCUT2D eigenvalue weighted by atomic mass is 32.2. The van der Waals surface area contributed by atoms with Gasteiger partial charge in [-0.25, -0.2) is 0 Å². The van der Waals surface area contributed by atoms with Crippen LogP contribution in [-0.4, -0.2) is 37.7 Å². The van der Waals surface area contributed by atoms with E-state index in [0.717, 1.165) is 23.2 Å². The molecule has 1 aromatic carbocycles. The highest BCUT2D eigenvalue weighted by molar-refractivity contribution is 7.99. The second kappa shape index (κ2) is 6.49. The quantitative estimate of drug-likeness (QED) is 0.784. The molecule has 21 heavy (non-hydrogen) atoms. The number of carboxylic acids is 1. The van der Waals surface area contributed by atoms with Gasteiger partial charge < -0.3 is 15.6 Å². The smallest absolute Gasteiger partial charge is 0.313 e. The zero-order valence-corrected chi connectivity index (χ0v) is 12.5. The summed E-state index contributed by atoms with van der Waals surface area (Å²) in [5.74, 6) is -0.0680. The number of rotatable bonds is 6. The van der Waals surface area contributed by atoms with Crippen molar-refractivity contribution in [1.29, 1.82) is 0 Å². The van der Waals surface area contributed by atoms with Gasteiger partial charge in [-0.2, -0.15) is 0 Å². The third-order valence-corrected chi connectivity index (χ3v) is 3.36. The summed E-state index contributed by atoms with van der Waals surface area (Å²) in [7, 11) is 0. The number of benzene rings is 1. The lowest BCUT2D eigenvalue weighted by Gasteiger charge is -2.11. The maximum absolute atomic E-state index is 10.6. The molecule has 0 saturated heterocycles. The van der Waals surface area contributed by atoms with E-state index in [2.05, 4.69) is 10.2 Å². The molecule has 1 heterocycles. The predicted molar refractivity (Wildman–Crippen MR) is 79.9 cm³/mol. The van der Waals surface area contributed by atoms with Crippen molar-refractivity contribution in [1.82, 2.24) is 14.8 Å². The molecule has 2 aromatic rings. The van der Waals surface area contributed by atoms with E-state index < -0.39 is 5.97 Å². The van der Waals surface area contributed by atoms with Crippen LogP contribution in [0.4, 0.5) is 5.95 Å². The number of ether oxygens (including phenoxy) is 1. The molecule has 0 atom stereocenters. The van der Waals surface area contributed by atoms with Gasteiger partial charge in [-0.15, -0.1) is 10.2 Å². The number of thioether (sulfide) groups is 1. The Labute approximate surface area is 126 Å². The first-order chi connectivity index (χ1) is 9.97. The first-order valence-electron chi connectivity index (χ1n) is 6.30. The fourth-order valence-electron chi connectivity index (χ4n) is 1.69. The first kappa shape index (κ1) is 15.2. The minimum atomic E-state index is -0.922. The number of aromatic nitrogens is 3. The van der Waals surface area contributed by atoms with E-state index in [0.29, 0.717) is 5.16 Å². The molecule has 1 aromatic heterocycles. The van der Waals surface area contributed by atoms with Gasteiger partial charge in [0.25, 0.3) is 0 Å². The van der Waals surface area contributed by atoms with E-state index in [1.807, 2.05) is 38.1 Å². The number of nitrogens with two attached hydrogens (primary N) is 1. The Kier molecular flexibility index (Phi) is 4.69. The molecule has 0 amide bonds. The fourth-order valence-corrected chi connectivity index (χ4v) is 2.37. The molecule has 0 aliphatic rings. The molecule has 7 nitrogen and oxygen atoms in total. The van der Waals surface area contributed by atoms with Crippen LogP contribution < -0.4 is 10.5 Å². The van der Waals surface area contributed by atoms with Crippen LogP contribution in [0.2, 0.25) is 0 Å². The van der Waals surface area contributed by atoms with Crippen molar-refractivity contribution in [3.8, 4) is 11.4 Å². The van der Waals surface area contributed by atoms with Gasteiger partial charge in [-0.1, -0.05) is 11.8 Å². The standard InChI is InChI=1S/C13H16N4O3S/c1-8(2)20-10-5-3-9(4-6-10)17-12(14)15-16-13(17)21-7-11(18)19/h3-6,8H,7H2,1-2H3,(H2,14,15)(H,18,19). The third kappa shape index (κ3) is 3.88. The summed E-state index contributed by atoms with van der Waals surface area (Å²) in [5, 5.41) is 16.9. The Morgan fingerprint density at radius 2 is 2.05 bits per heavy atom. The summed E-state index contributed by atoms with van der Waals surface area (Å²) < 4.78 is 7.18. The topological polar surface area (TPSA) is 103 Å². The lowest BCUT2D eigenvalue weighted by atomic mass is 10.3. The van der Waals surface area contributed by atoms with Crippen LogP contribution >= 0.6 is 11.8 Å². The van der Waals surface area contributed by atoms with Gasteiger partial charge in [-0.05, 0) is 38.1 Å². The molecule has 0 saturated carbocycles. The highest BCUT2D eigenvalue weighted by Gasteiger charge is 2.13. The number of nitrogens with zero attached hydrogens (tertiary/aromatic N) is 3. The molecule has 0 bridgehead atoms. The summed E-state index contributed by atoms with van der Waals surface area (Å²) in [4.78, 5) is 10.6. The lowest BCUT2D eigenvalue weighted by molar-refractivity contribution is -0.133. The van der Waals surface area contributed by atoms with Crippen molar-refractivity contribution in [3.63, 3.8) is 0 Å². The van der Waals surface area contributed by atoms with Crippen molar-refractivity contribution < 1.29 is 14.6 Å². The molecule has 8 heteroatoms. The van der Waals surface area contributed by atoms with Gasteiger partial charge >= 0.3 is 5.97 Å². The number of aliphatic carboxylic acids is 1. The van der Waals surface area contributed by atoms with Crippen LogP contribution in [0.25, 0.3) is 5.69 Å². The van der Waals surface area contributed by atoms with Gasteiger partial charge in [0.2, 0.25) is 5.95 Å². The van der Waals surface area contributed by atoms with E-state index in [-0.39, 0.29) is 17.8 Å². The Morgan fingerprint density at radius 1 is 1.38 bits per heavy atom. The van der Waals surface area contributed by atoms with Crippen LogP contribution in [0, 0.1) is 0 Å². The molecule has 112 valence electrons. The van der Waals surface area contributed by atoms with Gasteiger partial charge in [-0.3, -0.25) is 9.36 Å². The zero-order chi connectivity index (χ0) is 15.4. The number of carboxylic acid groups (broad SMARTS) is 1. The molecule has 3 N–H and O–H groups in total. The summed E-state index contributed by atoms with van der Waals surface area (Å²) in [5.41, 5.74) is 6.55. The van der Waals surface area contributed by atoms with Crippen LogP contribution in [0.15, 0.2) is 29.4 Å². The van der Waals surface area contributed by atoms with E-state index in [9.17, 15) is 4.79 Å². The Balaban J connectivity index is 2.24.